The molecule has 1 fully saturated rings. The Hall–Kier alpha value is -0.640. The van der Waals surface area contributed by atoms with Crippen LogP contribution in [0, 0.1) is 17.6 Å². The second-order valence-electron chi connectivity index (χ2n) is 4.51. The highest BCUT2D eigenvalue weighted by atomic mass is 79.9. The van der Waals surface area contributed by atoms with Crippen LogP contribution in [0.4, 0.5) is 14.5 Å². The first-order valence-corrected chi connectivity index (χ1v) is 6.26. The maximum Gasteiger partial charge on any atom is 0.147 e. The average Bonchev–Trinajstić information content (AvgIpc) is 2.60. The van der Waals surface area contributed by atoms with Crippen molar-refractivity contribution in [2.24, 2.45) is 5.92 Å². The van der Waals surface area contributed by atoms with Crippen molar-refractivity contribution >= 4 is 21.6 Å². The summed E-state index contributed by atoms with van der Waals surface area (Å²) in [7, 11) is 0. The number of benzene rings is 1. The first kappa shape index (κ1) is 11.8. The molecule has 1 aliphatic rings. The van der Waals surface area contributed by atoms with Gasteiger partial charge in [-0.15, -0.1) is 0 Å². The zero-order valence-corrected chi connectivity index (χ0v) is 10.7. The summed E-state index contributed by atoms with van der Waals surface area (Å²) in [4.78, 5) is 0. The van der Waals surface area contributed by atoms with Gasteiger partial charge in [0.05, 0.1) is 10.2 Å². The van der Waals surface area contributed by atoms with Crippen molar-refractivity contribution in [3.8, 4) is 0 Å². The molecule has 1 aromatic rings. The molecule has 88 valence electrons. The topological polar surface area (TPSA) is 12.0 Å². The molecular weight excluding hydrogens is 276 g/mol. The van der Waals surface area contributed by atoms with E-state index >= 15 is 0 Å². The second kappa shape index (κ2) is 4.70. The van der Waals surface area contributed by atoms with Crippen molar-refractivity contribution in [3.05, 3.63) is 28.2 Å². The van der Waals surface area contributed by atoms with Crippen LogP contribution in [0.25, 0.3) is 0 Å². The standard InChI is InChI=1S/C12H14BrF2N/c1-7-2-3-8(4-7)16-12-6-10(14)9(13)5-11(12)15/h5-8,16H,2-4H2,1H3. The van der Waals surface area contributed by atoms with Crippen LogP contribution in [-0.2, 0) is 0 Å². The van der Waals surface area contributed by atoms with Crippen LogP contribution >= 0.6 is 15.9 Å². The molecule has 0 saturated heterocycles. The van der Waals surface area contributed by atoms with Crippen LogP contribution in [0.5, 0.6) is 0 Å². The highest BCUT2D eigenvalue weighted by Crippen LogP contribution is 2.30. The Bertz CT molecular complexity index is 395. The largest absolute Gasteiger partial charge is 0.380 e. The van der Waals surface area contributed by atoms with Crippen LogP contribution in [-0.4, -0.2) is 6.04 Å². The lowest BCUT2D eigenvalue weighted by atomic mass is 10.1. The predicted octanol–water partition coefficient (Wildman–Crippen LogP) is 4.33. The van der Waals surface area contributed by atoms with Crippen LogP contribution in [0.3, 0.4) is 0 Å². The lowest BCUT2D eigenvalue weighted by Gasteiger charge is -2.15. The van der Waals surface area contributed by atoms with Crippen molar-refractivity contribution < 1.29 is 8.78 Å². The molecule has 16 heavy (non-hydrogen) atoms. The van der Waals surface area contributed by atoms with Crippen molar-refractivity contribution in [1.82, 2.24) is 0 Å². The van der Waals surface area contributed by atoms with Crippen LogP contribution in [0.2, 0.25) is 0 Å². The first-order chi connectivity index (χ1) is 7.56. The Labute approximate surface area is 102 Å². The summed E-state index contributed by atoms with van der Waals surface area (Å²) in [5, 5.41) is 3.07. The zero-order chi connectivity index (χ0) is 11.7. The van der Waals surface area contributed by atoms with E-state index in [1.165, 1.54) is 6.07 Å². The number of halogens is 3. The van der Waals surface area contributed by atoms with Gasteiger partial charge in [0.25, 0.3) is 0 Å². The normalized spacial score (nSPS) is 24.8. The van der Waals surface area contributed by atoms with E-state index in [1.54, 1.807) is 0 Å². The third kappa shape index (κ3) is 2.54. The number of rotatable bonds is 2. The summed E-state index contributed by atoms with van der Waals surface area (Å²) >= 11 is 2.96. The Morgan fingerprint density at radius 3 is 2.62 bits per heavy atom. The molecule has 0 aromatic heterocycles. The third-order valence-electron chi connectivity index (χ3n) is 3.06. The van der Waals surface area contributed by atoms with Gasteiger partial charge in [-0.1, -0.05) is 6.92 Å². The summed E-state index contributed by atoms with van der Waals surface area (Å²) < 4.78 is 26.9. The fraction of sp³-hybridized carbons (Fsp3) is 0.500. The molecule has 2 unspecified atom stereocenters. The van der Waals surface area contributed by atoms with E-state index in [2.05, 4.69) is 28.2 Å². The van der Waals surface area contributed by atoms with Crippen LogP contribution in [0.15, 0.2) is 16.6 Å². The lowest BCUT2D eigenvalue weighted by molar-refractivity contribution is 0.586. The molecule has 4 heteroatoms. The van der Waals surface area contributed by atoms with Crippen LogP contribution < -0.4 is 5.32 Å². The van der Waals surface area contributed by atoms with Gasteiger partial charge >= 0.3 is 0 Å². The summed E-state index contributed by atoms with van der Waals surface area (Å²) in [6.07, 6.45) is 3.20. The quantitative estimate of drug-likeness (QED) is 0.799. The third-order valence-corrected chi connectivity index (χ3v) is 3.67. The highest BCUT2D eigenvalue weighted by Gasteiger charge is 2.22. The van der Waals surface area contributed by atoms with Gasteiger partial charge in [0.2, 0.25) is 0 Å². The van der Waals surface area contributed by atoms with Gasteiger partial charge in [-0.3, -0.25) is 0 Å². The number of hydrogen-bond donors (Lipinski definition) is 1. The van der Waals surface area contributed by atoms with E-state index in [0.717, 1.165) is 25.3 Å². The Morgan fingerprint density at radius 2 is 2.00 bits per heavy atom. The maximum absolute atomic E-state index is 13.5. The van der Waals surface area contributed by atoms with E-state index in [9.17, 15) is 8.78 Å². The monoisotopic (exact) mass is 289 g/mol. The van der Waals surface area contributed by atoms with Crippen molar-refractivity contribution in [3.63, 3.8) is 0 Å². The Balaban J connectivity index is 2.12. The van der Waals surface area contributed by atoms with Gasteiger partial charge in [-0.25, -0.2) is 8.78 Å². The number of anilines is 1. The molecular formula is C12H14BrF2N. The van der Waals surface area contributed by atoms with E-state index < -0.39 is 11.6 Å². The molecule has 2 rings (SSSR count). The Morgan fingerprint density at radius 1 is 1.25 bits per heavy atom. The first-order valence-electron chi connectivity index (χ1n) is 5.47. The maximum atomic E-state index is 13.5. The summed E-state index contributed by atoms with van der Waals surface area (Å²) in [6.45, 7) is 2.18. The molecule has 1 aromatic carbocycles. The molecule has 0 amide bonds. The highest BCUT2D eigenvalue weighted by molar-refractivity contribution is 9.10. The van der Waals surface area contributed by atoms with Crippen molar-refractivity contribution in [2.75, 3.05) is 5.32 Å². The Kier molecular flexibility index (Phi) is 3.47. The van der Waals surface area contributed by atoms with Gasteiger partial charge in [0.1, 0.15) is 11.6 Å². The van der Waals surface area contributed by atoms with Crippen molar-refractivity contribution in [2.45, 2.75) is 32.2 Å². The summed E-state index contributed by atoms with van der Waals surface area (Å²) in [6, 6.07) is 2.64. The number of nitrogens with one attached hydrogen (secondary N) is 1. The molecule has 0 bridgehead atoms. The lowest BCUT2D eigenvalue weighted by Crippen LogP contribution is -2.16. The molecule has 1 aliphatic carbocycles. The molecule has 1 saturated carbocycles. The van der Waals surface area contributed by atoms with E-state index in [-0.39, 0.29) is 16.2 Å². The van der Waals surface area contributed by atoms with E-state index in [1.807, 2.05) is 0 Å². The number of hydrogen-bond acceptors (Lipinski definition) is 1. The molecule has 0 heterocycles. The minimum atomic E-state index is -0.435. The molecule has 1 N–H and O–H groups in total. The van der Waals surface area contributed by atoms with Gasteiger partial charge in [-0.2, -0.15) is 0 Å². The van der Waals surface area contributed by atoms with Gasteiger partial charge < -0.3 is 5.32 Å². The predicted molar refractivity (Wildman–Crippen MR) is 64.5 cm³/mol. The second-order valence-corrected chi connectivity index (χ2v) is 5.36. The van der Waals surface area contributed by atoms with Gasteiger partial charge in [-0.05, 0) is 47.2 Å². The SMILES string of the molecule is CC1CCC(Nc2cc(F)c(Br)cc2F)C1. The summed E-state index contributed by atoms with van der Waals surface area (Å²) in [5.74, 6) is -0.177. The smallest absolute Gasteiger partial charge is 0.147 e. The molecule has 0 aliphatic heterocycles. The molecule has 1 nitrogen and oxygen atoms in total. The van der Waals surface area contributed by atoms with E-state index in [0.29, 0.717) is 5.92 Å². The summed E-state index contributed by atoms with van der Waals surface area (Å²) in [5.41, 5.74) is 0.264. The van der Waals surface area contributed by atoms with Gasteiger partial charge in [0.15, 0.2) is 0 Å². The average molecular weight is 290 g/mol. The van der Waals surface area contributed by atoms with Crippen molar-refractivity contribution in [1.29, 1.82) is 0 Å². The zero-order valence-electron chi connectivity index (χ0n) is 9.06. The molecule has 0 spiro atoms. The minimum absolute atomic E-state index is 0.162. The fourth-order valence-electron chi connectivity index (χ4n) is 2.19. The van der Waals surface area contributed by atoms with E-state index in [4.69, 9.17) is 0 Å². The minimum Gasteiger partial charge on any atom is -0.380 e. The van der Waals surface area contributed by atoms with Gasteiger partial charge in [0, 0.05) is 12.1 Å². The molecule has 2 atom stereocenters. The molecule has 0 radical (unpaired) electrons. The fourth-order valence-corrected chi connectivity index (χ4v) is 2.51. The van der Waals surface area contributed by atoms with Crippen LogP contribution in [0.1, 0.15) is 26.2 Å².